The largest absolute Gasteiger partial charge is 0.355 e. The second kappa shape index (κ2) is 13.8. The van der Waals surface area contributed by atoms with E-state index in [-0.39, 0.29) is 18.9 Å². The lowest BCUT2D eigenvalue weighted by atomic mass is 10.0. The molecule has 0 unspecified atom stereocenters. The summed E-state index contributed by atoms with van der Waals surface area (Å²) in [4.78, 5) is 28.9. The molecular formula is C29H33Cl2N3O4S. The monoisotopic (exact) mass is 589 g/mol. The molecule has 3 aromatic carbocycles. The number of nitrogens with one attached hydrogen (secondary N) is 1. The predicted octanol–water partition coefficient (Wildman–Crippen LogP) is 5.10. The van der Waals surface area contributed by atoms with E-state index >= 15 is 0 Å². The molecule has 39 heavy (non-hydrogen) atoms. The minimum absolute atomic E-state index is 0.0174. The van der Waals surface area contributed by atoms with E-state index in [9.17, 15) is 18.0 Å². The Morgan fingerprint density at radius 2 is 1.59 bits per heavy atom. The lowest BCUT2D eigenvalue weighted by Gasteiger charge is -2.34. The molecule has 1 atom stereocenters. The first-order valence-electron chi connectivity index (χ1n) is 12.7. The molecule has 3 aromatic rings. The van der Waals surface area contributed by atoms with Crippen LogP contribution >= 0.6 is 23.2 Å². The second-order valence-electron chi connectivity index (χ2n) is 9.11. The molecule has 0 heterocycles. The van der Waals surface area contributed by atoms with Gasteiger partial charge in [0.2, 0.25) is 21.8 Å². The lowest BCUT2D eigenvalue weighted by Crippen LogP contribution is -2.53. The van der Waals surface area contributed by atoms with Crippen LogP contribution in [0.4, 0.5) is 5.69 Å². The van der Waals surface area contributed by atoms with Gasteiger partial charge in [0, 0.05) is 29.6 Å². The van der Waals surface area contributed by atoms with Crippen molar-refractivity contribution in [2.45, 2.75) is 39.3 Å². The molecule has 0 bridgehead atoms. The van der Waals surface area contributed by atoms with E-state index in [2.05, 4.69) is 5.32 Å². The number of anilines is 1. The van der Waals surface area contributed by atoms with Gasteiger partial charge < -0.3 is 10.2 Å². The summed E-state index contributed by atoms with van der Waals surface area (Å²) in [6.45, 7) is 3.59. The molecule has 10 heteroatoms. The standard InChI is InChI=1S/C29H33Cl2N3O4S/c1-4-22-13-9-10-14-26(22)34(39(3,37)38)20-28(35)33(19-23-15-16-24(30)18-25(23)31)27(29(36)32-5-2)17-21-11-7-6-8-12-21/h6-16,18,27H,4-5,17,19-20H2,1-3H3,(H,32,36)/t27-/m1/s1. The Kier molecular flexibility index (Phi) is 10.8. The van der Waals surface area contributed by atoms with E-state index in [1.807, 2.05) is 49.4 Å². The van der Waals surface area contributed by atoms with Crippen LogP contribution in [0.15, 0.2) is 72.8 Å². The number of para-hydroxylation sites is 1. The topological polar surface area (TPSA) is 86.8 Å². The van der Waals surface area contributed by atoms with Gasteiger partial charge in [-0.1, -0.05) is 84.7 Å². The predicted molar refractivity (Wildman–Crippen MR) is 158 cm³/mol. The first-order valence-corrected chi connectivity index (χ1v) is 15.3. The number of aryl methyl sites for hydroxylation is 1. The van der Waals surface area contributed by atoms with Gasteiger partial charge in [-0.05, 0) is 48.2 Å². The maximum atomic E-state index is 14.1. The maximum absolute atomic E-state index is 14.1. The van der Waals surface area contributed by atoms with E-state index in [0.29, 0.717) is 34.3 Å². The van der Waals surface area contributed by atoms with Gasteiger partial charge in [0.05, 0.1) is 11.9 Å². The normalized spacial score (nSPS) is 12.0. The Labute approximate surface area is 240 Å². The van der Waals surface area contributed by atoms with Crippen LogP contribution in [0.25, 0.3) is 0 Å². The highest BCUT2D eigenvalue weighted by atomic mass is 35.5. The fourth-order valence-corrected chi connectivity index (χ4v) is 5.68. The number of benzene rings is 3. The number of hydrogen-bond acceptors (Lipinski definition) is 4. The number of sulfonamides is 1. The Bertz CT molecular complexity index is 1400. The van der Waals surface area contributed by atoms with Crippen LogP contribution in [0.1, 0.15) is 30.5 Å². The molecule has 0 spiro atoms. The van der Waals surface area contributed by atoms with E-state index in [0.717, 1.165) is 21.7 Å². The summed E-state index contributed by atoms with van der Waals surface area (Å²) in [7, 11) is -3.84. The first-order chi connectivity index (χ1) is 18.5. The van der Waals surface area contributed by atoms with Crippen LogP contribution in [-0.4, -0.2) is 50.5 Å². The minimum atomic E-state index is -3.84. The lowest BCUT2D eigenvalue weighted by molar-refractivity contribution is -0.140. The summed E-state index contributed by atoms with van der Waals surface area (Å²) >= 11 is 12.6. The average Bonchev–Trinajstić information content (AvgIpc) is 2.90. The number of halogens is 2. The van der Waals surface area contributed by atoms with Crippen LogP contribution in [0.3, 0.4) is 0 Å². The fraction of sp³-hybridized carbons (Fsp3) is 0.310. The SMILES string of the molecule is CCNC(=O)[C@@H](Cc1ccccc1)N(Cc1ccc(Cl)cc1Cl)C(=O)CN(c1ccccc1CC)S(C)(=O)=O. The molecule has 2 amide bonds. The van der Waals surface area contributed by atoms with Crippen LogP contribution in [0, 0.1) is 0 Å². The molecule has 0 aliphatic carbocycles. The number of carbonyl (C=O) groups excluding carboxylic acids is 2. The van der Waals surface area contributed by atoms with Crippen molar-refractivity contribution in [2.24, 2.45) is 0 Å². The molecule has 0 aromatic heterocycles. The molecule has 0 aliphatic rings. The van der Waals surface area contributed by atoms with Crippen molar-refractivity contribution < 1.29 is 18.0 Å². The molecule has 0 aliphatic heterocycles. The minimum Gasteiger partial charge on any atom is -0.355 e. The van der Waals surface area contributed by atoms with E-state index < -0.39 is 28.5 Å². The zero-order valence-electron chi connectivity index (χ0n) is 22.2. The third kappa shape index (κ3) is 8.21. The quantitative estimate of drug-likeness (QED) is 0.318. The average molecular weight is 591 g/mol. The molecule has 1 N–H and O–H groups in total. The highest BCUT2D eigenvalue weighted by Crippen LogP contribution is 2.26. The smallest absolute Gasteiger partial charge is 0.244 e. The Morgan fingerprint density at radius 1 is 0.923 bits per heavy atom. The molecule has 0 saturated heterocycles. The van der Waals surface area contributed by atoms with Gasteiger partial charge in [0.15, 0.2) is 0 Å². The number of rotatable bonds is 12. The summed E-state index contributed by atoms with van der Waals surface area (Å²) < 4.78 is 27.0. The molecular weight excluding hydrogens is 557 g/mol. The third-order valence-electron chi connectivity index (χ3n) is 6.30. The first kappa shape index (κ1) is 30.5. The summed E-state index contributed by atoms with van der Waals surface area (Å²) in [6, 6.07) is 20.4. The van der Waals surface area contributed by atoms with Crippen LogP contribution in [0.2, 0.25) is 10.0 Å². The number of amides is 2. The number of nitrogens with zero attached hydrogens (tertiary/aromatic N) is 2. The van der Waals surface area contributed by atoms with Crippen LogP contribution in [-0.2, 0) is 39.0 Å². The van der Waals surface area contributed by atoms with Crippen molar-refractivity contribution in [3.05, 3.63) is 99.5 Å². The Balaban J connectivity index is 2.09. The summed E-state index contributed by atoms with van der Waals surface area (Å²) in [5.41, 5.74) is 2.65. The summed E-state index contributed by atoms with van der Waals surface area (Å²) in [5.74, 6) is -0.885. The third-order valence-corrected chi connectivity index (χ3v) is 8.01. The van der Waals surface area contributed by atoms with Gasteiger partial charge in [-0.3, -0.25) is 13.9 Å². The van der Waals surface area contributed by atoms with Crippen molar-refractivity contribution in [2.75, 3.05) is 23.7 Å². The maximum Gasteiger partial charge on any atom is 0.244 e. The zero-order valence-corrected chi connectivity index (χ0v) is 24.6. The molecule has 208 valence electrons. The van der Waals surface area contributed by atoms with E-state index in [1.54, 1.807) is 37.3 Å². The van der Waals surface area contributed by atoms with Crippen molar-refractivity contribution in [3.8, 4) is 0 Å². The van der Waals surface area contributed by atoms with E-state index in [4.69, 9.17) is 23.2 Å². The van der Waals surface area contributed by atoms with Crippen molar-refractivity contribution in [1.82, 2.24) is 10.2 Å². The second-order valence-corrected chi connectivity index (χ2v) is 11.9. The van der Waals surface area contributed by atoms with Crippen LogP contribution in [0.5, 0.6) is 0 Å². The molecule has 0 saturated carbocycles. The van der Waals surface area contributed by atoms with Crippen molar-refractivity contribution in [3.63, 3.8) is 0 Å². The van der Waals surface area contributed by atoms with Gasteiger partial charge in [-0.2, -0.15) is 0 Å². The van der Waals surface area contributed by atoms with Gasteiger partial charge in [0.1, 0.15) is 12.6 Å². The molecule has 7 nitrogen and oxygen atoms in total. The highest BCUT2D eigenvalue weighted by Gasteiger charge is 2.33. The summed E-state index contributed by atoms with van der Waals surface area (Å²) in [6.07, 6.45) is 1.88. The Hall–Kier alpha value is -3.07. The molecule has 0 fully saturated rings. The number of hydrogen-bond donors (Lipinski definition) is 1. The van der Waals surface area contributed by atoms with Crippen molar-refractivity contribution >= 4 is 50.7 Å². The van der Waals surface area contributed by atoms with Gasteiger partial charge in [-0.25, -0.2) is 8.42 Å². The molecule has 3 rings (SSSR count). The molecule has 0 radical (unpaired) electrons. The number of likely N-dealkylation sites (N-methyl/N-ethyl adjacent to an activating group) is 1. The van der Waals surface area contributed by atoms with Gasteiger partial charge >= 0.3 is 0 Å². The summed E-state index contributed by atoms with van der Waals surface area (Å²) in [5, 5.41) is 3.60. The van der Waals surface area contributed by atoms with E-state index in [1.165, 1.54) is 4.90 Å². The van der Waals surface area contributed by atoms with Gasteiger partial charge in [-0.15, -0.1) is 0 Å². The fourth-order valence-electron chi connectivity index (χ4n) is 4.33. The zero-order chi connectivity index (χ0) is 28.6. The van der Waals surface area contributed by atoms with Gasteiger partial charge in [0.25, 0.3) is 0 Å². The van der Waals surface area contributed by atoms with Crippen LogP contribution < -0.4 is 9.62 Å². The highest BCUT2D eigenvalue weighted by molar-refractivity contribution is 7.92. The Morgan fingerprint density at radius 3 is 2.21 bits per heavy atom. The number of carbonyl (C=O) groups is 2. The van der Waals surface area contributed by atoms with Crippen molar-refractivity contribution in [1.29, 1.82) is 0 Å².